The fourth-order valence-electron chi connectivity index (χ4n) is 3.03. The Balaban J connectivity index is 1.40. The van der Waals surface area contributed by atoms with Gasteiger partial charge in [0.05, 0.1) is 5.56 Å². The number of carbonyl (C=O) groups excluding carboxylic acids is 1. The number of aromatic carboxylic acids is 1. The highest BCUT2D eigenvalue weighted by Crippen LogP contribution is 2.24. The van der Waals surface area contributed by atoms with E-state index in [1.807, 2.05) is 11.3 Å². The van der Waals surface area contributed by atoms with Crippen molar-refractivity contribution in [3.05, 3.63) is 57.3 Å². The normalized spacial score (nSPS) is 15.1. The van der Waals surface area contributed by atoms with Gasteiger partial charge in [-0.1, -0.05) is 12.1 Å². The lowest BCUT2D eigenvalue weighted by molar-refractivity contribution is 0.0697. The molecule has 6 nitrogen and oxygen atoms in total. The smallest absolute Gasteiger partial charge is 0.335 e. The second-order valence-corrected chi connectivity index (χ2v) is 7.50. The summed E-state index contributed by atoms with van der Waals surface area (Å²) in [5, 5.41) is 16.7. The van der Waals surface area contributed by atoms with Gasteiger partial charge < -0.3 is 15.7 Å². The van der Waals surface area contributed by atoms with Crippen LogP contribution in [-0.4, -0.2) is 41.1 Å². The molecule has 2 heterocycles. The first-order valence-electron chi connectivity index (χ1n) is 8.66. The Labute approximate surface area is 156 Å². The number of carbonyl (C=O) groups is 2. The molecule has 0 aliphatic carbocycles. The largest absolute Gasteiger partial charge is 0.478 e. The van der Waals surface area contributed by atoms with Gasteiger partial charge >= 0.3 is 12.0 Å². The van der Waals surface area contributed by atoms with Gasteiger partial charge in [0, 0.05) is 37.1 Å². The molecule has 138 valence electrons. The highest BCUT2D eigenvalue weighted by Gasteiger charge is 2.21. The average Bonchev–Trinajstić information content (AvgIpc) is 3.12. The Kier molecular flexibility index (Phi) is 5.90. The maximum absolute atomic E-state index is 12.0. The first kappa shape index (κ1) is 18.4. The van der Waals surface area contributed by atoms with Gasteiger partial charge in [0.15, 0.2) is 0 Å². The molecule has 3 rings (SSSR count). The third-order valence-corrected chi connectivity index (χ3v) is 5.70. The van der Waals surface area contributed by atoms with Gasteiger partial charge in [0.1, 0.15) is 0 Å². The number of hydrogen-bond acceptors (Lipinski definition) is 4. The number of thiophene rings is 1. The van der Waals surface area contributed by atoms with Crippen molar-refractivity contribution in [1.29, 1.82) is 0 Å². The Bertz CT molecular complexity index is 773. The molecule has 1 aromatic heterocycles. The van der Waals surface area contributed by atoms with E-state index < -0.39 is 5.97 Å². The third kappa shape index (κ3) is 4.62. The SMILES string of the molecule is CC(CNC(=O)NCc1ccc(C(=O)O)cc1)N1CCc2sccc2C1. The molecular weight excluding hydrogens is 350 g/mol. The van der Waals surface area contributed by atoms with E-state index >= 15 is 0 Å². The van der Waals surface area contributed by atoms with E-state index in [9.17, 15) is 9.59 Å². The minimum atomic E-state index is -0.955. The summed E-state index contributed by atoms with van der Waals surface area (Å²) in [4.78, 5) is 26.7. The van der Waals surface area contributed by atoms with Crippen molar-refractivity contribution >= 4 is 23.3 Å². The zero-order chi connectivity index (χ0) is 18.5. The van der Waals surface area contributed by atoms with Gasteiger partial charge in [0.25, 0.3) is 0 Å². The first-order chi connectivity index (χ1) is 12.5. The molecule has 0 saturated heterocycles. The van der Waals surface area contributed by atoms with Crippen LogP contribution >= 0.6 is 11.3 Å². The summed E-state index contributed by atoms with van der Waals surface area (Å²) in [7, 11) is 0. The third-order valence-electron chi connectivity index (χ3n) is 4.67. The number of hydrogen-bond donors (Lipinski definition) is 3. The van der Waals surface area contributed by atoms with Crippen LogP contribution in [0.2, 0.25) is 0 Å². The minimum absolute atomic E-state index is 0.215. The molecule has 0 saturated carbocycles. The monoisotopic (exact) mass is 373 g/mol. The summed E-state index contributed by atoms with van der Waals surface area (Å²) in [6.07, 6.45) is 1.08. The fourth-order valence-corrected chi connectivity index (χ4v) is 3.92. The quantitative estimate of drug-likeness (QED) is 0.727. The van der Waals surface area contributed by atoms with Gasteiger partial charge in [0.2, 0.25) is 0 Å². The molecule has 0 bridgehead atoms. The number of benzene rings is 1. The van der Waals surface area contributed by atoms with E-state index in [0.29, 0.717) is 13.1 Å². The van der Waals surface area contributed by atoms with Crippen LogP contribution in [0.1, 0.15) is 33.3 Å². The molecule has 2 aromatic rings. The van der Waals surface area contributed by atoms with Crippen LogP contribution in [0.25, 0.3) is 0 Å². The van der Waals surface area contributed by atoms with Gasteiger partial charge in [-0.3, -0.25) is 4.90 Å². The molecule has 2 amide bonds. The van der Waals surface area contributed by atoms with E-state index in [1.165, 1.54) is 22.6 Å². The van der Waals surface area contributed by atoms with Crippen LogP contribution in [-0.2, 0) is 19.5 Å². The molecule has 1 aromatic carbocycles. The number of fused-ring (bicyclic) bond motifs is 1. The molecule has 1 aliphatic heterocycles. The van der Waals surface area contributed by atoms with Crippen molar-refractivity contribution in [2.45, 2.75) is 32.5 Å². The van der Waals surface area contributed by atoms with E-state index in [1.54, 1.807) is 12.1 Å². The van der Waals surface area contributed by atoms with Crippen LogP contribution < -0.4 is 10.6 Å². The maximum Gasteiger partial charge on any atom is 0.335 e. The molecule has 0 spiro atoms. The molecule has 0 fully saturated rings. The molecular formula is C19H23N3O3S. The summed E-state index contributed by atoms with van der Waals surface area (Å²) in [6.45, 7) is 5.04. The van der Waals surface area contributed by atoms with Crippen molar-refractivity contribution in [3.8, 4) is 0 Å². The minimum Gasteiger partial charge on any atom is -0.478 e. The standard InChI is InChI=1S/C19H23N3O3S/c1-13(22-8-6-17-16(12-22)7-9-26-17)10-20-19(25)21-11-14-2-4-15(5-3-14)18(23)24/h2-5,7,9,13H,6,8,10-12H2,1H3,(H,23,24)(H2,20,21,25). The second-order valence-electron chi connectivity index (χ2n) is 6.50. The first-order valence-corrected chi connectivity index (χ1v) is 9.54. The van der Waals surface area contributed by atoms with Crippen LogP contribution in [0, 0.1) is 0 Å². The van der Waals surface area contributed by atoms with E-state index in [4.69, 9.17) is 5.11 Å². The number of amides is 2. The summed E-state index contributed by atoms with van der Waals surface area (Å²) in [6, 6.07) is 8.73. The van der Waals surface area contributed by atoms with Gasteiger partial charge in [-0.05, 0) is 48.1 Å². The van der Waals surface area contributed by atoms with Crippen molar-refractivity contribution in [2.24, 2.45) is 0 Å². The van der Waals surface area contributed by atoms with Crippen molar-refractivity contribution in [1.82, 2.24) is 15.5 Å². The lowest BCUT2D eigenvalue weighted by atomic mass is 10.1. The van der Waals surface area contributed by atoms with Crippen LogP contribution in [0.3, 0.4) is 0 Å². The Morgan fingerprint density at radius 3 is 2.73 bits per heavy atom. The average molecular weight is 373 g/mol. The summed E-state index contributed by atoms with van der Waals surface area (Å²) in [5.41, 5.74) is 2.50. The number of rotatable bonds is 6. The number of nitrogens with one attached hydrogen (secondary N) is 2. The molecule has 0 radical (unpaired) electrons. The molecule has 1 atom stereocenters. The van der Waals surface area contributed by atoms with E-state index in [2.05, 4.69) is 33.9 Å². The van der Waals surface area contributed by atoms with Crippen molar-refractivity contribution in [3.63, 3.8) is 0 Å². The van der Waals surface area contributed by atoms with Crippen LogP contribution in [0.15, 0.2) is 35.7 Å². The zero-order valence-electron chi connectivity index (χ0n) is 14.7. The molecule has 26 heavy (non-hydrogen) atoms. The van der Waals surface area contributed by atoms with Gasteiger partial charge in [-0.2, -0.15) is 0 Å². The summed E-state index contributed by atoms with van der Waals surface area (Å²) < 4.78 is 0. The number of urea groups is 1. The lowest BCUT2D eigenvalue weighted by Crippen LogP contribution is -2.46. The van der Waals surface area contributed by atoms with Gasteiger partial charge in [-0.25, -0.2) is 9.59 Å². The number of carboxylic acids is 1. The van der Waals surface area contributed by atoms with Crippen molar-refractivity contribution in [2.75, 3.05) is 13.1 Å². The predicted octanol–water partition coefficient (Wildman–Crippen LogP) is 2.69. The predicted molar refractivity (Wildman–Crippen MR) is 102 cm³/mol. The fraction of sp³-hybridized carbons (Fsp3) is 0.368. The molecule has 7 heteroatoms. The van der Waals surface area contributed by atoms with Crippen LogP contribution in [0.5, 0.6) is 0 Å². The van der Waals surface area contributed by atoms with E-state index in [0.717, 1.165) is 25.1 Å². The molecule has 1 unspecified atom stereocenters. The summed E-state index contributed by atoms with van der Waals surface area (Å²) >= 11 is 1.83. The maximum atomic E-state index is 12.0. The Morgan fingerprint density at radius 2 is 2.00 bits per heavy atom. The molecule has 3 N–H and O–H groups in total. The number of nitrogens with zero attached hydrogens (tertiary/aromatic N) is 1. The highest BCUT2D eigenvalue weighted by molar-refractivity contribution is 7.10. The van der Waals surface area contributed by atoms with Crippen molar-refractivity contribution < 1.29 is 14.7 Å². The topological polar surface area (TPSA) is 81.7 Å². The van der Waals surface area contributed by atoms with Crippen LogP contribution in [0.4, 0.5) is 4.79 Å². The highest BCUT2D eigenvalue weighted by atomic mass is 32.1. The second kappa shape index (κ2) is 8.33. The Morgan fingerprint density at radius 1 is 1.23 bits per heavy atom. The number of carboxylic acid groups (broad SMARTS) is 1. The van der Waals surface area contributed by atoms with E-state index in [-0.39, 0.29) is 17.6 Å². The Hall–Kier alpha value is -2.38. The molecule has 1 aliphatic rings. The van der Waals surface area contributed by atoms with Gasteiger partial charge in [-0.15, -0.1) is 11.3 Å². The lowest BCUT2D eigenvalue weighted by Gasteiger charge is -2.32. The zero-order valence-corrected chi connectivity index (χ0v) is 15.5. The summed E-state index contributed by atoms with van der Waals surface area (Å²) in [5.74, 6) is -0.955.